The number of ether oxygens (including phenoxy) is 2. The summed E-state index contributed by atoms with van der Waals surface area (Å²) in [5.74, 6) is -1.14. The van der Waals surface area contributed by atoms with Crippen LogP contribution in [0.5, 0.6) is 0 Å². The molecule has 0 aliphatic carbocycles. The molecule has 78 valence electrons. The predicted molar refractivity (Wildman–Crippen MR) is 51.5 cm³/mol. The second kappa shape index (κ2) is 6.88. The summed E-state index contributed by atoms with van der Waals surface area (Å²) >= 11 is 0. The molecule has 0 aliphatic rings. The van der Waals surface area contributed by atoms with Crippen LogP contribution >= 0.6 is 0 Å². The topological polar surface area (TPSA) is 52.6 Å². The molecule has 0 atom stereocenters. The van der Waals surface area contributed by atoms with Gasteiger partial charge in [-0.05, 0) is 19.4 Å². The molecule has 0 rings (SSSR count). The minimum absolute atomic E-state index is 0.159. The first-order valence-corrected chi connectivity index (χ1v) is 4.22. The highest BCUT2D eigenvalue weighted by atomic mass is 16.5. The maximum Gasteiger partial charge on any atom is 0.331 e. The monoisotopic (exact) mass is 198 g/mol. The standard InChI is InChI=1S/C10H14O4/c1-4-13-9(11)5-6-10(12)14-7-8(2)3/h5-6H,2,4,7H2,1,3H3/b6-5+. The van der Waals surface area contributed by atoms with Crippen LogP contribution in [0.3, 0.4) is 0 Å². The summed E-state index contributed by atoms with van der Waals surface area (Å²) in [6, 6.07) is 0. The highest BCUT2D eigenvalue weighted by molar-refractivity contribution is 5.91. The van der Waals surface area contributed by atoms with Gasteiger partial charge < -0.3 is 9.47 Å². The van der Waals surface area contributed by atoms with E-state index in [-0.39, 0.29) is 13.2 Å². The first-order chi connectivity index (χ1) is 6.56. The zero-order valence-corrected chi connectivity index (χ0v) is 8.41. The molecule has 0 amide bonds. The molecule has 4 heteroatoms. The Morgan fingerprint density at radius 3 is 2.14 bits per heavy atom. The average molecular weight is 198 g/mol. The summed E-state index contributed by atoms with van der Waals surface area (Å²) in [4.78, 5) is 21.6. The second-order valence-electron chi connectivity index (χ2n) is 2.65. The van der Waals surface area contributed by atoms with Crippen LogP contribution in [0.2, 0.25) is 0 Å². The molecule has 0 aromatic carbocycles. The van der Waals surface area contributed by atoms with Crippen LogP contribution < -0.4 is 0 Å². The summed E-state index contributed by atoms with van der Waals surface area (Å²) in [7, 11) is 0. The molecule has 0 bridgehead atoms. The van der Waals surface area contributed by atoms with Gasteiger partial charge >= 0.3 is 11.9 Å². The van der Waals surface area contributed by atoms with Gasteiger partial charge in [0.1, 0.15) is 6.61 Å². The van der Waals surface area contributed by atoms with Gasteiger partial charge in [-0.15, -0.1) is 0 Å². The third-order valence-corrected chi connectivity index (χ3v) is 1.10. The Morgan fingerprint density at radius 2 is 1.71 bits per heavy atom. The van der Waals surface area contributed by atoms with Gasteiger partial charge in [0, 0.05) is 12.2 Å². The summed E-state index contributed by atoms with van der Waals surface area (Å²) in [6.07, 6.45) is 2.06. The van der Waals surface area contributed by atoms with Crippen molar-refractivity contribution < 1.29 is 19.1 Å². The van der Waals surface area contributed by atoms with E-state index in [1.807, 2.05) is 0 Å². The molecule has 0 aliphatic heterocycles. The normalized spacial score (nSPS) is 9.86. The van der Waals surface area contributed by atoms with Crippen molar-refractivity contribution in [2.24, 2.45) is 0 Å². The Hall–Kier alpha value is -1.58. The van der Waals surface area contributed by atoms with Gasteiger partial charge in [-0.25, -0.2) is 9.59 Å². The van der Waals surface area contributed by atoms with Crippen LogP contribution in [-0.2, 0) is 19.1 Å². The maximum atomic E-state index is 10.9. The molecule has 0 radical (unpaired) electrons. The smallest absolute Gasteiger partial charge is 0.331 e. The minimum Gasteiger partial charge on any atom is -0.463 e. The van der Waals surface area contributed by atoms with E-state index in [2.05, 4.69) is 11.3 Å². The number of hydrogen-bond acceptors (Lipinski definition) is 4. The molecule has 14 heavy (non-hydrogen) atoms. The lowest BCUT2D eigenvalue weighted by Gasteiger charge is -1.99. The van der Waals surface area contributed by atoms with Crippen LogP contribution in [0, 0.1) is 0 Å². The van der Waals surface area contributed by atoms with Crippen molar-refractivity contribution in [1.29, 1.82) is 0 Å². The molecule has 4 nitrogen and oxygen atoms in total. The zero-order chi connectivity index (χ0) is 11.0. The van der Waals surface area contributed by atoms with Crippen molar-refractivity contribution in [1.82, 2.24) is 0 Å². The SMILES string of the molecule is C=C(C)COC(=O)/C=C/C(=O)OCC. The molecule has 0 N–H and O–H groups in total. The summed E-state index contributed by atoms with van der Waals surface area (Å²) in [6.45, 7) is 7.42. The summed E-state index contributed by atoms with van der Waals surface area (Å²) in [5, 5.41) is 0. The zero-order valence-electron chi connectivity index (χ0n) is 8.41. The molecule has 0 spiro atoms. The van der Waals surface area contributed by atoms with Gasteiger partial charge in [0.25, 0.3) is 0 Å². The van der Waals surface area contributed by atoms with Crippen molar-refractivity contribution in [3.63, 3.8) is 0 Å². The fraction of sp³-hybridized carbons (Fsp3) is 0.400. The first kappa shape index (κ1) is 12.4. The van der Waals surface area contributed by atoms with Crippen molar-refractivity contribution in [2.75, 3.05) is 13.2 Å². The van der Waals surface area contributed by atoms with Gasteiger partial charge in [-0.3, -0.25) is 0 Å². The molecular weight excluding hydrogens is 184 g/mol. The Labute approximate surface area is 83.2 Å². The highest BCUT2D eigenvalue weighted by Gasteiger charge is 1.99. The van der Waals surface area contributed by atoms with Gasteiger partial charge in [0.2, 0.25) is 0 Å². The van der Waals surface area contributed by atoms with Crippen LogP contribution in [0.15, 0.2) is 24.3 Å². The third-order valence-electron chi connectivity index (χ3n) is 1.10. The molecule has 0 fully saturated rings. The lowest BCUT2D eigenvalue weighted by molar-refractivity contribution is -0.139. The van der Waals surface area contributed by atoms with Crippen LogP contribution in [-0.4, -0.2) is 25.2 Å². The second-order valence-corrected chi connectivity index (χ2v) is 2.65. The van der Waals surface area contributed by atoms with Crippen molar-refractivity contribution in [3.05, 3.63) is 24.3 Å². The third kappa shape index (κ3) is 7.09. The van der Waals surface area contributed by atoms with Crippen LogP contribution in [0.4, 0.5) is 0 Å². The molecule has 0 heterocycles. The Kier molecular flexibility index (Phi) is 6.11. The van der Waals surface area contributed by atoms with Crippen molar-refractivity contribution >= 4 is 11.9 Å². The van der Waals surface area contributed by atoms with E-state index in [0.717, 1.165) is 17.7 Å². The van der Waals surface area contributed by atoms with E-state index in [4.69, 9.17) is 4.74 Å². The predicted octanol–water partition coefficient (Wildman–Crippen LogP) is 1.22. The molecule has 0 saturated heterocycles. The number of rotatable bonds is 5. The lowest BCUT2D eigenvalue weighted by atomic mass is 10.4. The molecule has 0 aromatic rings. The van der Waals surface area contributed by atoms with E-state index >= 15 is 0 Å². The molecule has 0 unspecified atom stereocenters. The molecular formula is C10H14O4. The van der Waals surface area contributed by atoms with Crippen LogP contribution in [0.25, 0.3) is 0 Å². The van der Waals surface area contributed by atoms with Crippen molar-refractivity contribution in [2.45, 2.75) is 13.8 Å². The van der Waals surface area contributed by atoms with Crippen molar-refractivity contribution in [3.8, 4) is 0 Å². The lowest BCUT2D eigenvalue weighted by Crippen LogP contribution is -2.05. The van der Waals surface area contributed by atoms with Gasteiger partial charge in [-0.1, -0.05) is 6.58 Å². The number of hydrogen-bond donors (Lipinski definition) is 0. The van der Waals surface area contributed by atoms with E-state index < -0.39 is 11.9 Å². The maximum absolute atomic E-state index is 10.9. The van der Waals surface area contributed by atoms with E-state index in [1.165, 1.54) is 0 Å². The number of esters is 2. The largest absolute Gasteiger partial charge is 0.463 e. The fourth-order valence-electron chi connectivity index (χ4n) is 0.569. The minimum atomic E-state index is -0.582. The fourth-order valence-corrected chi connectivity index (χ4v) is 0.569. The number of carbonyl (C=O) groups is 2. The first-order valence-electron chi connectivity index (χ1n) is 4.22. The van der Waals surface area contributed by atoms with Crippen LogP contribution in [0.1, 0.15) is 13.8 Å². The van der Waals surface area contributed by atoms with Gasteiger partial charge in [-0.2, -0.15) is 0 Å². The van der Waals surface area contributed by atoms with Gasteiger partial charge in [0.15, 0.2) is 0 Å². The quantitative estimate of drug-likeness (QED) is 0.378. The Bertz CT molecular complexity index is 253. The number of carbonyl (C=O) groups excluding carboxylic acids is 2. The van der Waals surface area contributed by atoms with E-state index in [9.17, 15) is 9.59 Å². The highest BCUT2D eigenvalue weighted by Crippen LogP contribution is 1.90. The molecule has 0 aromatic heterocycles. The Balaban J connectivity index is 3.81. The van der Waals surface area contributed by atoms with E-state index in [1.54, 1.807) is 13.8 Å². The Morgan fingerprint density at radius 1 is 1.21 bits per heavy atom. The summed E-state index contributed by atoms with van der Waals surface area (Å²) in [5.41, 5.74) is 0.739. The van der Waals surface area contributed by atoms with Gasteiger partial charge in [0.05, 0.1) is 6.61 Å². The summed E-state index contributed by atoms with van der Waals surface area (Å²) < 4.78 is 9.27. The molecule has 0 saturated carbocycles. The van der Waals surface area contributed by atoms with E-state index in [0.29, 0.717) is 0 Å². The average Bonchev–Trinajstić information content (AvgIpc) is 2.12.